The first kappa shape index (κ1) is 44.4. The molecule has 0 N–H and O–H groups in total. The predicted octanol–water partition coefficient (Wildman–Crippen LogP) is 10.8. The second kappa shape index (κ2) is 18.0. The molecular weight excluding hydrogens is 638 g/mol. The number of rotatable bonds is 19. The van der Waals surface area contributed by atoms with Crippen molar-refractivity contribution in [2.24, 2.45) is 10.8 Å². The largest absolute Gasteiger partial charge is 0.350 e. The summed E-state index contributed by atoms with van der Waals surface area (Å²) >= 11 is 0. The van der Waals surface area contributed by atoms with E-state index in [-0.39, 0.29) is 44.7 Å². The van der Waals surface area contributed by atoms with Crippen molar-refractivity contribution in [1.82, 2.24) is 10.1 Å². The maximum absolute atomic E-state index is 14.2. The minimum atomic E-state index is -3.59. The van der Waals surface area contributed by atoms with E-state index in [4.69, 9.17) is 27.8 Å². The number of nitrogens with zero attached hydrogens (tertiary/aromatic N) is 2. The van der Waals surface area contributed by atoms with E-state index in [1.54, 1.807) is 5.06 Å². The quantitative estimate of drug-likeness (QED) is 0.102. The average molecular weight is 707 g/mol. The number of benzene rings is 1. The molecule has 4 atom stereocenters. The lowest BCUT2D eigenvalue weighted by atomic mass is 9.94. The number of hydrogen-bond donors (Lipinski definition) is 0. The van der Waals surface area contributed by atoms with Crippen LogP contribution >= 0.6 is 15.2 Å². The van der Waals surface area contributed by atoms with Crippen molar-refractivity contribution >= 4 is 15.2 Å². The van der Waals surface area contributed by atoms with E-state index in [9.17, 15) is 9.13 Å². The molecule has 1 aromatic rings. The smallest absolute Gasteiger partial charge is 0.308 e. The second-order valence-corrected chi connectivity index (χ2v) is 19.5. The number of hydrogen-bond acceptors (Lipinski definition) is 10. The van der Waals surface area contributed by atoms with E-state index in [0.717, 1.165) is 11.1 Å². The molecule has 10 nitrogen and oxygen atoms in total. The van der Waals surface area contributed by atoms with Crippen LogP contribution in [0, 0.1) is 10.8 Å². The van der Waals surface area contributed by atoms with Gasteiger partial charge < -0.3 is 18.1 Å². The third kappa shape index (κ3) is 12.3. The monoisotopic (exact) mass is 706 g/mol. The van der Waals surface area contributed by atoms with Crippen LogP contribution in [-0.4, -0.2) is 59.7 Å². The molecule has 4 unspecified atom stereocenters. The summed E-state index contributed by atoms with van der Waals surface area (Å²) in [6, 6.07) is 7.96. The lowest BCUT2D eigenvalue weighted by molar-refractivity contribution is -0.264. The van der Waals surface area contributed by atoms with E-state index in [2.05, 4.69) is 0 Å². The van der Waals surface area contributed by atoms with Crippen molar-refractivity contribution in [2.75, 3.05) is 26.4 Å². The molecule has 0 saturated carbocycles. The van der Waals surface area contributed by atoms with Gasteiger partial charge in [-0.2, -0.15) is 10.1 Å². The molecule has 0 aromatic heterocycles. The minimum Gasteiger partial charge on any atom is -0.308 e. The van der Waals surface area contributed by atoms with Gasteiger partial charge in [-0.05, 0) is 98.1 Å². The molecule has 1 rings (SSSR count). The Bertz CT molecular complexity index is 1140. The van der Waals surface area contributed by atoms with Gasteiger partial charge in [0.25, 0.3) is 0 Å². The molecule has 0 spiro atoms. The zero-order valence-electron chi connectivity index (χ0n) is 32.6. The van der Waals surface area contributed by atoms with Crippen molar-refractivity contribution < 1.29 is 36.9 Å². The van der Waals surface area contributed by atoms with Crippen LogP contribution in [-0.2, 0) is 36.9 Å². The van der Waals surface area contributed by atoms with Crippen LogP contribution in [0.5, 0.6) is 0 Å². The van der Waals surface area contributed by atoms with Gasteiger partial charge in [0.1, 0.15) is 23.8 Å². The molecule has 12 heteroatoms. The number of hydroxylamine groups is 4. The van der Waals surface area contributed by atoms with Crippen LogP contribution in [0.4, 0.5) is 0 Å². The maximum atomic E-state index is 14.2. The van der Waals surface area contributed by atoms with Crippen molar-refractivity contribution in [2.45, 2.75) is 153 Å². The Kier molecular flexibility index (Phi) is 17.0. The lowest BCUT2D eigenvalue weighted by Gasteiger charge is -2.48. The van der Waals surface area contributed by atoms with Gasteiger partial charge in [-0.25, -0.2) is 0 Å². The van der Waals surface area contributed by atoms with E-state index < -0.39 is 43.1 Å². The van der Waals surface area contributed by atoms with Gasteiger partial charge in [0.15, 0.2) is 0 Å². The van der Waals surface area contributed by atoms with Gasteiger partial charge in [0.05, 0.1) is 26.4 Å². The summed E-state index contributed by atoms with van der Waals surface area (Å²) in [5.74, 6) is -1.29. The summed E-state index contributed by atoms with van der Waals surface area (Å²) in [4.78, 5) is 13.3. The Morgan fingerprint density at radius 1 is 0.574 bits per heavy atom. The van der Waals surface area contributed by atoms with E-state index >= 15 is 0 Å². The van der Waals surface area contributed by atoms with Crippen LogP contribution in [0.25, 0.3) is 0 Å². The highest BCUT2D eigenvalue weighted by Crippen LogP contribution is 2.62. The third-order valence-electron chi connectivity index (χ3n) is 7.44. The van der Waals surface area contributed by atoms with Crippen LogP contribution in [0.15, 0.2) is 24.3 Å². The molecule has 0 heterocycles. The Morgan fingerprint density at radius 2 is 0.894 bits per heavy atom. The van der Waals surface area contributed by atoms with Gasteiger partial charge in [0.2, 0.25) is 0 Å². The minimum absolute atomic E-state index is 0.105. The van der Waals surface area contributed by atoms with Crippen LogP contribution in [0.3, 0.4) is 0 Å². The predicted molar refractivity (Wildman–Crippen MR) is 192 cm³/mol. The normalized spacial score (nSPS) is 16.6. The summed E-state index contributed by atoms with van der Waals surface area (Å²) in [5.41, 5.74) is 0.393. The first-order valence-electron chi connectivity index (χ1n) is 17.2. The molecule has 47 heavy (non-hydrogen) atoms. The molecular formula is C35H68N2O8P2. The first-order valence-corrected chi connectivity index (χ1v) is 20.4. The zero-order chi connectivity index (χ0) is 36.6. The van der Waals surface area contributed by atoms with E-state index in [0.29, 0.717) is 0 Å². The summed E-state index contributed by atoms with van der Waals surface area (Å²) in [5, 5.41) is 3.60. The highest BCUT2D eigenvalue weighted by atomic mass is 31.2. The molecule has 0 amide bonds. The molecule has 0 fully saturated rings. The standard InChI is InChI=1S/C35H68N2O8P2/c1-18-40-46(38,41-19-2)31(33(9,10)11)36(26(5)6)44-27(7)29-22-24-30(25-23-29)28(8)45-37(35(15,16)17)32(34(12,13)14)47(39,42-20-3)43-21-4/h22-28,31-32H,18-21H2,1-17H3. The third-order valence-corrected chi connectivity index (χ3v) is 13.1. The summed E-state index contributed by atoms with van der Waals surface area (Å²) < 4.78 is 51.7. The molecule has 276 valence electrons. The van der Waals surface area contributed by atoms with Crippen molar-refractivity contribution in [1.29, 1.82) is 0 Å². The van der Waals surface area contributed by atoms with E-state index in [1.165, 1.54) is 0 Å². The molecule has 0 saturated heterocycles. The van der Waals surface area contributed by atoms with Gasteiger partial charge in [0, 0.05) is 11.6 Å². The maximum Gasteiger partial charge on any atom is 0.350 e. The second-order valence-electron chi connectivity index (χ2n) is 15.3. The lowest BCUT2D eigenvalue weighted by Crippen LogP contribution is -2.53. The summed E-state index contributed by atoms with van der Waals surface area (Å²) in [6.45, 7) is 34.6. The molecule has 0 aliphatic carbocycles. The van der Waals surface area contributed by atoms with Crippen molar-refractivity contribution in [3.8, 4) is 0 Å². The first-order chi connectivity index (χ1) is 21.4. The Labute approximate surface area is 287 Å². The van der Waals surface area contributed by atoms with Crippen LogP contribution < -0.4 is 0 Å². The molecule has 0 aliphatic heterocycles. The fourth-order valence-electron chi connectivity index (χ4n) is 5.58. The van der Waals surface area contributed by atoms with Crippen LogP contribution in [0.2, 0.25) is 0 Å². The van der Waals surface area contributed by atoms with Crippen molar-refractivity contribution in [3.63, 3.8) is 0 Å². The Morgan fingerprint density at radius 3 is 1.17 bits per heavy atom. The molecule has 0 radical (unpaired) electrons. The van der Waals surface area contributed by atoms with Gasteiger partial charge in [-0.3, -0.25) is 18.8 Å². The molecule has 1 aromatic carbocycles. The summed E-state index contributed by atoms with van der Waals surface area (Å²) in [6.07, 6.45) is -0.731. The topological polar surface area (TPSA) is 96.0 Å². The Balaban J connectivity index is 3.44. The molecule has 0 bridgehead atoms. The SMILES string of the molecule is CCOP(=O)(OCC)C(N(OC(C)c1ccc(C(C)ON(C(C(C)(C)C)P(=O)(OCC)OCC)C(C)(C)C)cc1)C(C)C)C(C)(C)C. The van der Waals surface area contributed by atoms with Gasteiger partial charge in [-0.1, -0.05) is 65.8 Å². The van der Waals surface area contributed by atoms with Crippen LogP contribution in [0.1, 0.15) is 141 Å². The van der Waals surface area contributed by atoms with E-state index in [1.807, 2.05) is 147 Å². The highest BCUT2D eigenvalue weighted by molar-refractivity contribution is 7.55. The van der Waals surface area contributed by atoms with Gasteiger partial charge >= 0.3 is 15.2 Å². The summed E-state index contributed by atoms with van der Waals surface area (Å²) in [7, 11) is -7.15. The zero-order valence-corrected chi connectivity index (χ0v) is 34.4. The fraction of sp³-hybridized carbons (Fsp3) is 0.829. The highest BCUT2D eigenvalue weighted by Gasteiger charge is 2.52. The Hall–Kier alpha value is -0.640. The van der Waals surface area contributed by atoms with Gasteiger partial charge in [-0.15, -0.1) is 0 Å². The average Bonchev–Trinajstić information content (AvgIpc) is 2.90. The van der Waals surface area contributed by atoms with Crippen molar-refractivity contribution in [3.05, 3.63) is 35.4 Å². The molecule has 0 aliphatic rings. The fourth-order valence-corrected chi connectivity index (χ4v) is 10.9.